The molecule has 3 aromatic heterocycles. The highest BCUT2D eigenvalue weighted by Gasteiger charge is 2.33. The Morgan fingerprint density at radius 2 is 2.00 bits per heavy atom. The van der Waals surface area contributed by atoms with Crippen molar-refractivity contribution in [1.82, 2.24) is 30.3 Å². The normalized spacial score (nSPS) is 16.9. The van der Waals surface area contributed by atoms with Gasteiger partial charge in [-0.3, -0.25) is 9.89 Å². The summed E-state index contributed by atoms with van der Waals surface area (Å²) in [6, 6.07) is 17.4. The number of amides is 1. The lowest BCUT2D eigenvalue weighted by Crippen LogP contribution is -2.35. The number of rotatable bonds is 7. The van der Waals surface area contributed by atoms with Crippen molar-refractivity contribution >= 4 is 17.2 Å². The number of H-pyrrole nitrogens is 1. The number of nitrogens with two attached hydrogens (primary N) is 1. The van der Waals surface area contributed by atoms with Crippen LogP contribution in [0.4, 0.5) is 0 Å². The van der Waals surface area contributed by atoms with Gasteiger partial charge >= 0.3 is 0 Å². The highest BCUT2D eigenvalue weighted by Crippen LogP contribution is 2.36. The summed E-state index contributed by atoms with van der Waals surface area (Å²) in [6.45, 7) is 4.53. The largest absolute Gasteiger partial charge is 0.419 e. The van der Waals surface area contributed by atoms with Crippen LogP contribution in [0.25, 0.3) is 22.7 Å². The van der Waals surface area contributed by atoms with E-state index in [-0.39, 0.29) is 11.9 Å². The molecule has 0 radical (unpaired) electrons. The first-order valence-corrected chi connectivity index (χ1v) is 13.8. The molecule has 4 heterocycles. The predicted octanol–water partition coefficient (Wildman–Crippen LogP) is 5.29. The van der Waals surface area contributed by atoms with E-state index in [0.29, 0.717) is 41.6 Å². The first kappa shape index (κ1) is 25.1. The van der Waals surface area contributed by atoms with E-state index in [1.807, 2.05) is 78.7 Å². The van der Waals surface area contributed by atoms with E-state index in [0.717, 1.165) is 34.7 Å². The molecule has 3 N–H and O–H groups in total. The number of thiazole rings is 1. The summed E-state index contributed by atoms with van der Waals surface area (Å²) >= 11 is 1.61. The van der Waals surface area contributed by atoms with Crippen molar-refractivity contribution in [3.8, 4) is 22.7 Å². The van der Waals surface area contributed by atoms with E-state index in [4.69, 9.17) is 10.2 Å². The van der Waals surface area contributed by atoms with Gasteiger partial charge in [0.25, 0.3) is 5.91 Å². The molecular formula is C29H29N7O2S. The molecule has 0 bridgehead atoms. The lowest BCUT2D eigenvalue weighted by molar-refractivity contribution is 0.0735. The number of hydrogen-bond donors (Lipinski definition) is 2. The van der Waals surface area contributed by atoms with Gasteiger partial charge in [0.1, 0.15) is 5.01 Å². The van der Waals surface area contributed by atoms with Crippen LogP contribution in [0.1, 0.15) is 58.3 Å². The second kappa shape index (κ2) is 10.2. The average molecular weight is 540 g/mol. The highest BCUT2D eigenvalue weighted by molar-refractivity contribution is 7.09. The average Bonchev–Trinajstić information content (AvgIpc) is 3.74. The Hall–Kier alpha value is -4.15. The van der Waals surface area contributed by atoms with Crippen LogP contribution in [0.2, 0.25) is 0 Å². The molecular weight excluding hydrogens is 510 g/mol. The Bertz CT molecular complexity index is 1590. The Labute approximate surface area is 230 Å². The van der Waals surface area contributed by atoms with Crippen LogP contribution in [0.15, 0.2) is 70.6 Å². The van der Waals surface area contributed by atoms with Gasteiger partial charge in [0.05, 0.1) is 17.3 Å². The van der Waals surface area contributed by atoms with Crippen molar-refractivity contribution in [2.75, 3.05) is 6.54 Å². The summed E-state index contributed by atoms with van der Waals surface area (Å²) in [7, 11) is 0. The third-order valence-corrected chi connectivity index (χ3v) is 8.05. The molecule has 1 aliphatic heterocycles. The van der Waals surface area contributed by atoms with Crippen LogP contribution in [0.3, 0.4) is 0 Å². The first-order valence-electron chi connectivity index (χ1n) is 12.9. The summed E-state index contributed by atoms with van der Waals surface area (Å²) in [4.78, 5) is 20.5. The summed E-state index contributed by atoms with van der Waals surface area (Å²) < 4.78 is 6.12. The summed E-state index contributed by atoms with van der Waals surface area (Å²) in [5.41, 5.74) is 10.5. The standard InChI is InChI=1S/C29H29N7O2S/c1-18-17-39-26(32-18)24-9-6-12-36(24)27(37)22-14-20(23-10-11-31-33-23)13-21(15-22)25-34-35-28(38-25)29(2,30)16-19-7-4-3-5-8-19/h3-5,7-8,10-11,13-15,17,24H,6,9,12,16,30H2,1-2H3,(H,31,33). The zero-order chi connectivity index (χ0) is 27.0. The molecule has 2 atom stereocenters. The van der Waals surface area contributed by atoms with Crippen LogP contribution in [-0.4, -0.2) is 42.7 Å². The number of carbonyl (C=O) groups is 1. The number of likely N-dealkylation sites (tertiary alicyclic amines) is 1. The lowest BCUT2D eigenvalue weighted by Gasteiger charge is -2.23. The molecule has 39 heavy (non-hydrogen) atoms. The van der Waals surface area contributed by atoms with Gasteiger partial charge in [0.15, 0.2) is 0 Å². The highest BCUT2D eigenvalue weighted by atomic mass is 32.1. The van der Waals surface area contributed by atoms with E-state index in [2.05, 4.69) is 25.4 Å². The van der Waals surface area contributed by atoms with E-state index < -0.39 is 5.54 Å². The van der Waals surface area contributed by atoms with Crippen molar-refractivity contribution < 1.29 is 9.21 Å². The number of carbonyl (C=O) groups excluding carboxylic acids is 1. The van der Waals surface area contributed by atoms with E-state index in [1.54, 1.807) is 17.5 Å². The molecule has 1 amide bonds. The fraction of sp³-hybridized carbons (Fsp3) is 0.276. The van der Waals surface area contributed by atoms with Crippen molar-refractivity contribution in [3.63, 3.8) is 0 Å². The monoisotopic (exact) mass is 539 g/mol. The van der Waals surface area contributed by atoms with Gasteiger partial charge in [-0.1, -0.05) is 30.3 Å². The number of hydrogen-bond acceptors (Lipinski definition) is 8. The van der Waals surface area contributed by atoms with Crippen LogP contribution in [-0.2, 0) is 12.0 Å². The third-order valence-electron chi connectivity index (χ3n) is 6.99. The van der Waals surface area contributed by atoms with Gasteiger partial charge < -0.3 is 15.1 Å². The first-order chi connectivity index (χ1) is 18.9. The Morgan fingerprint density at radius 1 is 1.18 bits per heavy atom. The molecule has 10 heteroatoms. The van der Waals surface area contributed by atoms with Crippen LogP contribution < -0.4 is 5.73 Å². The predicted molar refractivity (Wildman–Crippen MR) is 149 cm³/mol. The summed E-state index contributed by atoms with van der Waals surface area (Å²) in [6.07, 6.45) is 4.12. The minimum Gasteiger partial charge on any atom is -0.419 e. The minimum atomic E-state index is -0.861. The number of aryl methyl sites for hydroxylation is 1. The number of benzene rings is 2. The van der Waals surface area contributed by atoms with Gasteiger partial charge in [-0.2, -0.15) is 5.10 Å². The van der Waals surface area contributed by atoms with Crippen molar-refractivity contribution in [3.05, 3.63) is 93.9 Å². The Kier molecular flexibility index (Phi) is 6.58. The second-order valence-corrected chi connectivity index (χ2v) is 11.1. The summed E-state index contributed by atoms with van der Waals surface area (Å²) in [5, 5.41) is 18.8. The minimum absolute atomic E-state index is 0.0281. The van der Waals surface area contributed by atoms with Gasteiger partial charge in [0.2, 0.25) is 11.8 Å². The SMILES string of the molecule is Cc1csc(C2CCCN2C(=O)c2cc(-c3cc[nH]n3)cc(-c3nnc(C(C)(N)Cc4ccccc4)o3)c2)n1. The zero-order valence-electron chi connectivity index (χ0n) is 21.8. The maximum absolute atomic E-state index is 13.9. The Balaban J connectivity index is 1.35. The maximum Gasteiger partial charge on any atom is 0.254 e. The van der Waals surface area contributed by atoms with Crippen LogP contribution >= 0.6 is 11.3 Å². The van der Waals surface area contributed by atoms with Gasteiger partial charge in [-0.15, -0.1) is 21.5 Å². The maximum atomic E-state index is 13.9. The molecule has 5 aromatic rings. The number of aromatic nitrogens is 5. The molecule has 198 valence electrons. The fourth-order valence-electron chi connectivity index (χ4n) is 5.07. The van der Waals surface area contributed by atoms with Crippen molar-refractivity contribution in [1.29, 1.82) is 0 Å². The van der Waals surface area contributed by atoms with E-state index in [9.17, 15) is 4.79 Å². The smallest absolute Gasteiger partial charge is 0.254 e. The lowest BCUT2D eigenvalue weighted by atomic mass is 9.94. The molecule has 0 spiro atoms. The van der Waals surface area contributed by atoms with Crippen LogP contribution in [0.5, 0.6) is 0 Å². The summed E-state index contributed by atoms with van der Waals surface area (Å²) in [5.74, 6) is 0.573. The molecule has 1 saturated heterocycles. The quantitative estimate of drug-likeness (QED) is 0.288. The molecule has 1 aliphatic rings. The van der Waals surface area contributed by atoms with E-state index in [1.165, 1.54) is 0 Å². The van der Waals surface area contributed by atoms with Crippen molar-refractivity contribution in [2.45, 2.75) is 44.7 Å². The molecule has 0 aliphatic carbocycles. The topological polar surface area (TPSA) is 127 Å². The van der Waals surface area contributed by atoms with Crippen LogP contribution in [0, 0.1) is 6.92 Å². The molecule has 9 nitrogen and oxygen atoms in total. The molecule has 1 fully saturated rings. The van der Waals surface area contributed by atoms with E-state index >= 15 is 0 Å². The molecule has 2 aromatic carbocycles. The van der Waals surface area contributed by atoms with Gasteiger partial charge in [-0.25, -0.2) is 4.98 Å². The molecule has 2 unspecified atom stereocenters. The number of nitrogens with one attached hydrogen (secondary N) is 1. The number of aromatic amines is 1. The second-order valence-electron chi connectivity index (χ2n) is 10.2. The zero-order valence-corrected chi connectivity index (χ0v) is 22.6. The number of nitrogens with zero attached hydrogens (tertiary/aromatic N) is 5. The molecule has 0 saturated carbocycles. The third kappa shape index (κ3) is 5.13. The van der Waals surface area contributed by atoms with Gasteiger partial charge in [-0.05, 0) is 62.9 Å². The fourth-order valence-corrected chi connectivity index (χ4v) is 6.01. The van der Waals surface area contributed by atoms with Crippen molar-refractivity contribution in [2.24, 2.45) is 5.73 Å². The Morgan fingerprint density at radius 3 is 2.74 bits per heavy atom. The molecule has 6 rings (SSSR count). The van der Waals surface area contributed by atoms with Gasteiger partial charge in [0, 0.05) is 40.5 Å².